The van der Waals surface area contributed by atoms with Gasteiger partial charge in [-0.3, -0.25) is 0 Å². The van der Waals surface area contributed by atoms with Crippen molar-refractivity contribution >= 4 is 0 Å². The molecular weight excluding hydrogens is 230 g/mol. The van der Waals surface area contributed by atoms with E-state index in [0.717, 1.165) is 23.3 Å². The summed E-state index contributed by atoms with van der Waals surface area (Å²) in [7, 11) is 4.92. The second-order valence-corrected chi connectivity index (χ2v) is 5.09. The van der Waals surface area contributed by atoms with Crippen LogP contribution in [-0.2, 0) is 17.8 Å². The molecule has 0 saturated heterocycles. The van der Waals surface area contributed by atoms with E-state index in [2.05, 4.69) is 6.07 Å². The molecule has 0 radical (unpaired) electrons. The van der Waals surface area contributed by atoms with E-state index in [-0.39, 0.29) is 5.54 Å². The quantitative estimate of drug-likeness (QED) is 0.844. The molecule has 2 N–H and O–H groups in total. The first kappa shape index (κ1) is 14.8. The maximum absolute atomic E-state index is 6.05. The van der Waals surface area contributed by atoms with E-state index in [1.807, 2.05) is 19.9 Å². The van der Waals surface area contributed by atoms with Crippen LogP contribution in [0.2, 0.25) is 0 Å². The van der Waals surface area contributed by atoms with Gasteiger partial charge < -0.3 is 19.9 Å². The van der Waals surface area contributed by atoms with Crippen LogP contribution in [0.3, 0.4) is 0 Å². The third-order valence-corrected chi connectivity index (χ3v) is 2.58. The fourth-order valence-electron chi connectivity index (χ4n) is 2.00. The highest BCUT2D eigenvalue weighted by Crippen LogP contribution is 2.33. The molecule has 0 spiro atoms. The maximum atomic E-state index is 6.05. The normalized spacial score (nSPS) is 11.4. The van der Waals surface area contributed by atoms with Gasteiger partial charge in [-0.05, 0) is 38.0 Å². The zero-order chi connectivity index (χ0) is 13.8. The van der Waals surface area contributed by atoms with Crippen LogP contribution in [-0.4, -0.2) is 26.9 Å². The molecule has 0 aliphatic heterocycles. The van der Waals surface area contributed by atoms with Crippen molar-refractivity contribution < 1.29 is 14.2 Å². The summed E-state index contributed by atoms with van der Waals surface area (Å²) in [5, 5.41) is 0. The molecule has 18 heavy (non-hydrogen) atoms. The van der Waals surface area contributed by atoms with Crippen molar-refractivity contribution in [3.05, 3.63) is 23.3 Å². The molecular formula is C14H23NO3. The first-order chi connectivity index (χ1) is 8.41. The maximum Gasteiger partial charge on any atom is 0.166 e. The summed E-state index contributed by atoms with van der Waals surface area (Å²) in [6.45, 7) is 4.48. The Bertz CT molecular complexity index is 397. The number of hydrogen-bond acceptors (Lipinski definition) is 4. The Morgan fingerprint density at radius 1 is 1.11 bits per heavy atom. The van der Waals surface area contributed by atoms with E-state index in [4.69, 9.17) is 19.9 Å². The van der Waals surface area contributed by atoms with Crippen LogP contribution < -0.4 is 15.2 Å². The summed E-state index contributed by atoms with van der Waals surface area (Å²) in [6, 6.07) is 4.02. The summed E-state index contributed by atoms with van der Waals surface area (Å²) in [5.74, 6) is 1.43. The summed E-state index contributed by atoms with van der Waals surface area (Å²) in [6.07, 6.45) is 0.768. The number of rotatable bonds is 6. The van der Waals surface area contributed by atoms with Gasteiger partial charge in [0.05, 0.1) is 20.8 Å². The molecule has 0 unspecified atom stereocenters. The van der Waals surface area contributed by atoms with Gasteiger partial charge in [0.25, 0.3) is 0 Å². The van der Waals surface area contributed by atoms with Crippen molar-refractivity contribution in [1.29, 1.82) is 0 Å². The molecule has 0 amide bonds. The van der Waals surface area contributed by atoms with Crippen LogP contribution in [0.15, 0.2) is 12.1 Å². The fraction of sp³-hybridized carbons (Fsp3) is 0.571. The summed E-state index contributed by atoms with van der Waals surface area (Å²) in [4.78, 5) is 0. The summed E-state index contributed by atoms with van der Waals surface area (Å²) >= 11 is 0. The van der Waals surface area contributed by atoms with Crippen molar-refractivity contribution in [3.8, 4) is 11.5 Å². The minimum absolute atomic E-state index is 0.260. The molecule has 0 aliphatic rings. The van der Waals surface area contributed by atoms with Crippen LogP contribution >= 0.6 is 0 Å². The van der Waals surface area contributed by atoms with E-state index >= 15 is 0 Å². The standard InChI is InChI=1S/C14H23NO3/c1-14(2,15)8-10-6-11(9-16-3)13(18-5)12(7-10)17-4/h6-7H,8-9,15H2,1-5H3. The molecule has 4 heteroatoms. The van der Waals surface area contributed by atoms with E-state index in [1.54, 1.807) is 21.3 Å². The Labute approximate surface area is 109 Å². The van der Waals surface area contributed by atoms with Gasteiger partial charge in [0.15, 0.2) is 11.5 Å². The van der Waals surface area contributed by atoms with Gasteiger partial charge in [0.2, 0.25) is 0 Å². The molecule has 0 saturated carbocycles. The van der Waals surface area contributed by atoms with Gasteiger partial charge in [-0.15, -0.1) is 0 Å². The molecule has 0 atom stereocenters. The monoisotopic (exact) mass is 253 g/mol. The number of nitrogens with two attached hydrogens (primary N) is 1. The third kappa shape index (κ3) is 3.89. The molecule has 1 rings (SSSR count). The third-order valence-electron chi connectivity index (χ3n) is 2.58. The Morgan fingerprint density at radius 3 is 2.22 bits per heavy atom. The van der Waals surface area contributed by atoms with E-state index in [1.165, 1.54) is 0 Å². The molecule has 0 fully saturated rings. The largest absolute Gasteiger partial charge is 0.493 e. The smallest absolute Gasteiger partial charge is 0.166 e. The predicted molar refractivity (Wildman–Crippen MR) is 72.2 cm³/mol. The molecule has 1 aromatic carbocycles. The Kier molecular flexibility index (Phi) is 4.99. The van der Waals surface area contributed by atoms with Crippen LogP contribution in [0, 0.1) is 0 Å². The Balaban J connectivity index is 3.18. The second kappa shape index (κ2) is 6.07. The van der Waals surface area contributed by atoms with Crippen LogP contribution in [0.5, 0.6) is 11.5 Å². The van der Waals surface area contributed by atoms with Crippen LogP contribution in [0.1, 0.15) is 25.0 Å². The summed E-state index contributed by atoms with van der Waals surface area (Å²) < 4.78 is 15.9. The lowest BCUT2D eigenvalue weighted by Crippen LogP contribution is -2.34. The first-order valence-corrected chi connectivity index (χ1v) is 5.93. The minimum Gasteiger partial charge on any atom is -0.493 e. The summed E-state index contributed by atoms with van der Waals surface area (Å²) in [5.41, 5.74) is 7.88. The van der Waals surface area contributed by atoms with Crippen LogP contribution in [0.4, 0.5) is 0 Å². The van der Waals surface area contributed by atoms with Crippen LogP contribution in [0.25, 0.3) is 0 Å². The minimum atomic E-state index is -0.260. The van der Waals surface area contributed by atoms with Gasteiger partial charge >= 0.3 is 0 Å². The van der Waals surface area contributed by atoms with Gasteiger partial charge in [0, 0.05) is 18.2 Å². The lowest BCUT2D eigenvalue weighted by molar-refractivity contribution is 0.180. The average molecular weight is 253 g/mol. The van der Waals surface area contributed by atoms with E-state index in [9.17, 15) is 0 Å². The van der Waals surface area contributed by atoms with Crippen molar-refractivity contribution in [2.45, 2.75) is 32.4 Å². The van der Waals surface area contributed by atoms with E-state index in [0.29, 0.717) is 12.4 Å². The number of methoxy groups -OCH3 is 3. The highest BCUT2D eigenvalue weighted by molar-refractivity contribution is 5.49. The molecule has 0 aliphatic carbocycles. The fourth-order valence-corrected chi connectivity index (χ4v) is 2.00. The number of ether oxygens (including phenoxy) is 3. The number of hydrogen-bond donors (Lipinski definition) is 1. The topological polar surface area (TPSA) is 53.7 Å². The number of benzene rings is 1. The first-order valence-electron chi connectivity index (χ1n) is 5.93. The molecule has 1 aromatic rings. The highest BCUT2D eigenvalue weighted by Gasteiger charge is 2.17. The van der Waals surface area contributed by atoms with Crippen molar-refractivity contribution in [2.24, 2.45) is 5.73 Å². The Morgan fingerprint density at radius 2 is 1.78 bits per heavy atom. The molecule has 0 aromatic heterocycles. The highest BCUT2D eigenvalue weighted by atomic mass is 16.5. The van der Waals surface area contributed by atoms with Crippen molar-refractivity contribution in [3.63, 3.8) is 0 Å². The van der Waals surface area contributed by atoms with E-state index < -0.39 is 0 Å². The van der Waals surface area contributed by atoms with Gasteiger partial charge in [0.1, 0.15) is 0 Å². The molecule has 102 valence electrons. The van der Waals surface area contributed by atoms with Gasteiger partial charge in [-0.1, -0.05) is 0 Å². The Hall–Kier alpha value is -1.26. The molecule has 4 nitrogen and oxygen atoms in total. The lowest BCUT2D eigenvalue weighted by atomic mass is 9.94. The predicted octanol–water partition coefficient (Wildman–Crippen LogP) is 2.13. The van der Waals surface area contributed by atoms with Crippen molar-refractivity contribution in [2.75, 3.05) is 21.3 Å². The molecule has 0 heterocycles. The van der Waals surface area contributed by atoms with Gasteiger partial charge in [-0.25, -0.2) is 0 Å². The molecule has 0 bridgehead atoms. The zero-order valence-electron chi connectivity index (χ0n) is 11.9. The van der Waals surface area contributed by atoms with Gasteiger partial charge in [-0.2, -0.15) is 0 Å². The zero-order valence-corrected chi connectivity index (χ0v) is 11.9. The van der Waals surface area contributed by atoms with Crippen molar-refractivity contribution in [1.82, 2.24) is 0 Å². The average Bonchev–Trinajstić information content (AvgIpc) is 2.26. The lowest BCUT2D eigenvalue weighted by Gasteiger charge is -2.21. The SMILES string of the molecule is COCc1cc(CC(C)(C)N)cc(OC)c1OC. The second-order valence-electron chi connectivity index (χ2n) is 5.09.